The van der Waals surface area contributed by atoms with Crippen LogP contribution in [0.25, 0.3) is 11.4 Å². The van der Waals surface area contributed by atoms with Crippen molar-refractivity contribution in [2.75, 3.05) is 13.1 Å². The van der Waals surface area contributed by atoms with Gasteiger partial charge in [0.25, 0.3) is 0 Å². The summed E-state index contributed by atoms with van der Waals surface area (Å²) in [5, 5.41) is 8.32. The van der Waals surface area contributed by atoms with Gasteiger partial charge in [-0.15, -0.1) is 11.3 Å². The molecule has 0 atom stereocenters. The lowest BCUT2D eigenvalue weighted by Crippen LogP contribution is -2.39. The van der Waals surface area contributed by atoms with Crippen LogP contribution in [0.5, 0.6) is 0 Å². The molecule has 0 saturated carbocycles. The van der Waals surface area contributed by atoms with Crippen LogP contribution in [0.3, 0.4) is 0 Å². The Kier molecular flexibility index (Phi) is 10.1. The van der Waals surface area contributed by atoms with E-state index in [0.29, 0.717) is 32.6 Å². The second-order valence-corrected chi connectivity index (χ2v) is 12.2. The molecule has 14 heteroatoms. The zero-order chi connectivity index (χ0) is 31.6. The summed E-state index contributed by atoms with van der Waals surface area (Å²) in [4.78, 5) is 42.7. The van der Waals surface area contributed by atoms with E-state index >= 15 is 0 Å². The number of aromatic nitrogens is 7. The van der Waals surface area contributed by atoms with Crippen LogP contribution in [0.4, 0.5) is 9.59 Å². The van der Waals surface area contributed by atoms with E-state index in [1.165, 1.54) is 24.0 Å². The minimum atomic E-state index is -0.656. The Labute approximate surface area is 265 Å². The van der Waals surface area contributed by atoms with Crippen molar-refractivity contribution in [1.29, 1.82) is 0 Å². The van der Waals surface area contributed by atoms with Crippen molar-refractivity contribution in [3.8, 4) is 11.4 Å². The highest BCUT2D eigenvalue weighted by Crippen LogP contribution is 2.17. The van der Waals surface area contributed by atoms with Crippen molar-refractivity contribution < 1.29 is 19.1 Å². The molecule has 0 bridgehead atoms. The molecule has 13 nitrogen and oxygen atoms in total. The zero-order valence-corrected chi connectivity index (χ0v) is 26.2. The standard InChI is InChI=1S/C31H35N9O4S/c1-31(2,3)44-30(42)38(17-25-7-11-27(12-8-25)40-22-34-20-36-40)14-4-13-37(29(41)43-18-28-15-32-23-45-28)16-24-5-9-26(10-6-24)39-21-33-19-35-39/h5-12,15,19-23H,4,13-14,16-18H2,1-3H3. The van der Waals surface area contributed by atoms with Gasteiger partial charge in [0.15, 0.2) is 0 Å². The molecular weight excluding hydrogens is 594 g/mol. The fraction of sp³-hybridized carbons (Fsp3) is 0.323. The number of nitrogens with zero attached hydrogens (tertiary/aromatic N) is 9. The van der Waals surface area contributed by atoms with Gasteiger partial charge in [0.05, 0.1) is 21.8 Å². The summed E-state index contributed by atoms with van der Waals surface area (Å²) in [7, 11) is 0. The first kappa shape index (κ1) is 31.3. The van der Waals surface area contributed by atoms with Crippen LogP contribution in [0.1, 0.15) is 43.2 Å². The molecule has 0 spiro atoms. The van der Waals surface area contributed by atoms with Crippen LogP contribution < -0.4 is 0 Å². The van der Waals surface area contributed by atoms with Crippen LogP contribution in [-0.4, -0.2) is 75.2 Å². The molecule has 2 amide bonds. The molecule has 0 fully saturated rings. The van der Waals surface area contributed by atoms with Gasteiger partial charge < -0.3 is 19.3 Å². The average molecular weight is 630 g/mol. The number of ether oxygens (including phenoxy) is 2. The van der Waals surface area contributed by atoms with E-state index in [-0.39, 0.29) is 6.61 Å². The maximum atomic E-state index is 13.3. The van der Waals surface area contributed by atoms with Gasteiger partial charge in [-0.25, -0.2) is 28.9 Å². The average Bonchev–Trinajstić information content (AvgIpc) is 3.83. The topological polar surface area (TPSA) is 133 Å². The van der Waals surface area contributed by atoms with Crippen molar-refractivity contribution in [3.63, 3.8) is 0 Å². The maximum absolute atomic E-state index is 13.3. The minimum absolute atomic E-state index is 0.139. The summed E-state index contributed by atoms with van der Waals surface area (Å²) in [6.45, 7) is 7.04. The normalized spacial score (nSPS) is 11.3. The van der Waals surface area contributed by atoms with Crippen molar-refractivity contribution in [2.24, 2.45) is 0 Å². The van der Waals surface area contributed by atoms with E-state index in [1.807, 2.05) is 69.3 Å². The Morgan fingerprint density at radius 2 is 1.31 bits per heavy atom. The fourth-order valence-corrected chi connectivity index (χ4v) is 4.92. The van der Waals surface area contributed by atoms with Crippen LogP contribution in [0.2, 0.25) is 0 Å². The highest BCUT2D eigenvalue weighted by Gasteiger charge is 2.23. The third kappa shape index (κ3) is 9.19. The Morgan fingerprint density at radius 1 is 0.778 bits per heavy atom. The molecule has 0 radical (unpaired) electrons. The number of carbonyl (C=O) groups excluding carboxylic acids is 2. The summed E-state index contributed by atoms with van der Waals surface area (Å²) >= 11 is 1.42. The lowest BCUT2D eigenvalue weighted by Gasteiger charge is -2.29. The molecule has 0 saturated heterocycles. The molecule has 3 aromatic heterocycles. The summed E-state index contributed by atoms with van der Waals surface area (Å²) in [5.41, 5.74) is 4.62. The first-order valence-electron chi connectivity index (χ1n) is 14.4. The number of hydrogen-bond acceptors (Lipinski definition) is 10. The molecule has 0 N–H and O–H groups in total. The Morgan fingerprint density at radius 3 is 1.76 bits per heavy atom. The summed E-state index contributed by atoms with van der Waals surface area (Å²) in [6.07, 6.45) is 7.52. The van der Waals surface area contributed by atoms with Gasteiger partial charge >= 0.3 is 12.2 Å². The molecule has 234 valence electrons. The Hall–Kier alpha value is -5.11. The van der Waals surface area contributed by atoms with Crippen LogP contribution >= 0.6 is 11.3 Å². The predicted molar refractivity (Wildman–Crippen MR) is 167 cm³/mol. The first-order valence-corrected chi connectivity index (χ1v) is 15.3. The molecule has 5 aromatic rings. The van der Waals surface area contributed by atoms with Crippen LogP contribution in [-0.2, 0) is 29.2 Å². The fourth-order valence-electron chi connectivity index (χ4n) is 4.42. The first-order chi connectivity index (χ1) is 21.7. The van der Waals surface area contributed by atoms with E-state index in [4.69, 9.17) is 9.47 Å². The highest BCUT2D eigenvalue weighted by molar-refractivity contribution is 7.09. The van der Waals surface area contributed by atoms with E-state index in [9.17, 15) is 9.59 Å². The van der Waals surface area contributed by atoms with Gasteiger partial charge in [0, 0.05) is 32.4 Å². The number of rotatable bonds is 12. The zero-order valence-electron chi connectivity index (χ0n) is 25.4. The molecular formula is C31H35N9O4S. The molecule has 3 heterocycles. The van der Waals surface area contributed by atoms with Crippen LogP contribution in [0.15, 0.2) is 85.5 Å². The molecule has 0 aliphatic carbocycles. The number of thiazole rings is 1. The van der Waals surface area contributed by atoms with Crippen molar-refractivity contribution >= 4 is 23.5 Å². The van der Waals surface area contributed by atoms with E-state index in [2.05, 4.69) is 25.1 Å². The number of amides is 2. The monoisotopic (exact) mass is 629 g/mol. The lowest BCUT2D eigenvalue weighted by atomic mass is 10.1. The van der Waals surface area contributed by atoms with Gasteiger partial charge in [-0.1, -0.05) is 24.3 Å². The minimum Gasteiger partial charge on any atom is -0.444 e. The van der Waals surface area contributed by atoms with E-state index in [0.717, 1.165) is 27.4 Å². The van der Waals surface area contributed by atoms with Crippen molar-refractivity contribution in [2.45, 2.75) is 52.5 Å². The predicted octanol–water partition coefficient (Wildman–Crippen LogP) is 5.27. The van der Waals surface area contributed by atoms with Crippen molar-refractivity contribution in [1.82, 2.24) is 44.3 Å². The quantitative estimate of drug-likeness (QED) is 0.181. The van der Waals surface area contributed by atoms with Gasteiger partial charge in [0.2, 0.25) is 0 Å². The van der Waals surface area contributed by atoms with E-state index < -0.39 is 17.8 Å². The SMILES string of the molecule is CC(C)(C)OC(=O)N(CCCN(Cc1ccc(-n2cncn2)cc1)C(=O)OCc1cncs1)Cc1ccc(-n2cncn2)cc1. The van der Waals surface area contributed by atoms with Gasteiger partial charge in [-0.3, -0.25) is 4.98 Å². The third-order valence-corrected chi connectivity index (χ3v) is 7.33. The number of hydrogen-bond donors (Lipinski definition) is 0. The summed E-state index contributed by atoms with van der Waals surface area (Å²) in [5.74, 6) is 0. The Balaban J connectivity index is 1.26. The van der Waals surface area contributed by atoms with Crippen LogP contribution in [0, 0.1) is 0 Å². The van der Waals surface area contributed by atoms with Gasteiger partial charge in [-0.05, 0) is 62.6 Å². The molecule has 5 rings (SSSR count). The van der Waals surface area contributed by atoms with Gasteiger partial charge in [-0.2, -0.15) is 10.2 Å². The largest absolute Gasteiger partial charge is 0.444 e. The summed E-state index contributed by atoms with van der Waals surface area (Å²) in [6, 6.07) is 15.5. The van der Waals surface area contributed by atoms with E-state index in [1.54, 1.807) is 43.5 Å². The maximum Gasteiger partial charge on any atom is 0.410 e. The highest BCUT2D eigenvalue weighted by atomic mass is 32.1. The molecule has 45 heavy (non-hydrogen) atoms. The molecule has 2 aromatic carbocycles. The number of carbonyl (C=O) groups is 2. The molecule has 0 unspecified atom stereocenters. The Bertz CT molecular complexity index is 1620. The number of benzene rings is 2. The smallest absolute Gasteiger partial charge is 0.410 e. The lowest BCUT2D eigenvalue weighted by molar-refractivity contribution is 0.0225. The van der Waals surface area contributed by atoms with Crippen molar-refractivity contribution in [3.05, 3.63) is 102 Å². The summed E-state index contributed by atoms with van der Waals surface area (Å²) < 4.78 is 14.7. The van der Waals surface area contributed by atoms with Gasteiger partial charge in [0.1, 0.15) is 37.5 Å². The third-order valence-electron chi connectivity index (χ3n) is 6.57. The second kappa shape index (κ2) is 14.6. The molecule has 0 aliphatic heterocycles. The molecule has 0 aliphatic rings. The second-order valence-electron chi connectivity index (χ2n) is 11.2.